The van der Waals surface area contributed by atoms with E-state index in [-0.39, 0.29) is 212 Å². The molecular formula is C66H91Cs2F3N10O14S. The molecule has 0 saturated heterocycles. The molecule has 0 bridgehead atoms. The predicted molar refractivity (Wildman–Crippen MR) is 349 cm³/mol. The van der Waals surface area contributed by atoms with E-state index >= 15 is 0 Å². The number of methoxy groups -OCH3 is 2. The Bertz CT molecular complexity index is 3270. The summed E-state index contributed by atoms with van der Waals surface area (Å²) < 4.78 is 98.3. The first-order valence-electron chi connectivity index (χ1n) is 31.9. The maximum atomic E-state index is 14.9. The van der Waals surface area contributed by atoms with Crippen LogP contribution >= 0.6 is 0 Å². The number of alkyl halides is 1. The van der Waals surface area contributed by atoms with Crippen LogP contribution in [-0.2, 0) is 78.5 Å². The first kappa shape index (κ1) is 88.0. The van der Waals surface area contributed by atoms with Gasteiger partial charge < -0.3 is 55.7 Å². The second kappa shape index (κ2) is 55.6. The number of fused-ring (bicyclic) bond motifs is 2. The quantitative estimate of drug-likeness (QED) is 0.00561. The van der Waals surface area contributed by atoms with Crippen LogP contribution in [0.2, 0.25) is 0 Å². The van der Waals surface area contributed by atoms with E-state index in [0.29, 0.717) is 39.6 Å². The topological polar surface area (TPSA) is 341 Å². The molecule has 30 heteroatoms. The minimum atomic E-state index is -3.46. The number of halogens is 3. The molecule has 24 nitrogen and oxygen atoms in total. The van der Waals surface area contributed by atoms with Crippen LogP contribution in [-0.4, -0.2) is 135 Å². The number of aryl methyl sites for hydroxylation is 5. The third-order valence-corrected chi connectivity index (χ3v) is 16.3. The molecule has 518 valence electrons. The zero-order chi connectivity index (χ0) is 69.3. The van der Waals surface area contributed by atoms with Gasteiger partial charge in [-0.05, 0) is 165 Å². The SMILES string of the molecule is COC(=O)C[C@H](CCCCCCc1ccc2c(n1)NCCC2)c1ccc(O)c(F)c1.COC(=O)C[C@H](CCCCCCc1ccc2c(n1)NCCC2)c1ccc(OCCOCCOCCOCCN=[N+]=[N-])c(F)c1.Cc1ccc(S(=O)(=O)CN=[N+]=[N-])cc1.O=CO[O-].[2H]CF.[Cs+].[Cs+].[H-]. The smallest absolute Gasteiger partial charge is 1.00 e. The Labute approximate surface area is 682 Å². The van der Waals surface area contributed by atoms with E-state index in [1.165, 1.54) is 62.1 Å². The molecule has 4 heterocycles. The van der Waals surface area contributed by atoms with E-state index < -0.39 is 34.5 Å². The fourth-order valence-corrected chi connectivity index (χ4v) is 10.9. The number of hydrogen-bond donors (Lipinski definition) is 3. The minimum Gasteiger partial charge on any atom is -1.00 e. The number of nitrogens with one attached hydrogen (secondary N) is 2. The van der Waals surface area contributed by atoms with Gasteiger partial charge in [0.25, 0.3) is 6.47 Å². The van der Waals surface area contributed by atoms with Crippen molar-refractivity contribution in [3.05, 3.63) is 157 Å². The number of esters is 2. The van der Waals surface area contributed by atoms with E-state index in [0.717, 1.165) is 149 Å². The second-order valence-corrected chi connectivity index (χ2v) is 23.5. The first-order chi connectivity index (χ1) is 46.1. The second-order valence-electron chi connectivity index (χ2n) is 21.6. The number of azide groups is 2. The van der Waals surface area contributed by atoms with Gasteiger partial charge in [0.05, 0.1) is 80.1 Å². The summed E-state index contributed by atoms with van der Waals surface area (Å²) in [7, 11) is -1.72. The Morgan fingerprint density at radius 2 is 1.16 bits per heavy atom. The molecule has 0 saturated carbocycles. The van der Waals surface area contributed by atoms with Crippen molar-refractivity contribution in [2.75, 3.05) is 104 Å². The summed E-state index contributed by atoms with van der Waals surface area (Å²) in [6.45, 7) is 6.41. The van der Waals surface area contributed by atoms with Crippen LogP contribution in [0.3, 0.4) is 0 Å². The molecular weight excluding hydrogens is 1510 g/mol. The molecule has 0 amide bonds. The molecule has 0 radical (unpaired) electrons. The van der Waals surface area contributed by atoms with Crippen LogP contribution in [0.1, 0.15) is 144 Å². The summed E-state index contributed by atoms with van der Waals surface area (Å²) >= 11 is 0. The molecule has 96 heavy (non-hydrogen) atoms. The number of phenols is 1. The number of anilines is 2. The van der Waals surface area contributed by atoms with Crippen molar-refractivity contribution in [1.82, 2.24) is 9.97 Å². The van der Waals surface area contributed by atoms with Crippen molar-refractivity contribution in [2.24, 2.45) is 10.2 Å². The van der Waals surface area contributed by atoms with Gasteiger partial charge in [-0.15, -0.1) is 0 Å². The Balaban J connectivity index is 0.00000150. The number of unbranched alkanes of at least 4 members (excludes halogenated alkanes) is 6. The molecule has 2 atom stereocenters. The van der Waals surface area contributed by atoms with Gasteiger partial charge in [-0.1, -0.05) is 90.7 Å². The van der Waals surface area contributed by atoms with Gasteiger partial charge in [-0.25, -0.2) is 27.2 Å². The summed E-state index contributed by atoms with van der Waals surface area (Å²) in [5.41, 5.74) is 23.5. The van der Waals surface area contributed by atoms with Gasteiger partial charge in [0, 0.05) is 40.8 Å². The molecule has 2 aliphatic rings. The molecule has 3 N–H and O–H groups in total. The summed E-state index contributed by atoms with van der Waals surface area (Å²) in [6, 6.07) is 24.3. The summed E-state index contributed by atoms with van der Waals surface area (Å²) in [6.07, 6.45) is 16.6. The third-order valence-electron chi connectivity index (χ3n) is 14.9. The molecule has 7 rings (SSSR count). The largest absolute Gasteiger partial charge is 1.00 e. The minimum absolute atomic E-state index is 0. The molecule has 2 aliphatic heterocycles. The first-order valence-corrected chi connectivity index (χ1v) is 32.8. The zero-order valence-electron chi connectivity index (χ0n) is 57.9. The monoisotopic (exact) mass is 1600 g/mol. The zero-order valence-corrected chi connectivity index (χ0v) is 69.3. The summed E-state index contributed by atoms with van der Waals surface area (Å²) in [4.78, 5) is 49.9. The van der Waals surface area contributed by atoms with E-state index in [1.54, 1.807) is 24.3 Å². The van der Waals surface area contributed by atoms with Gasteiger partial charge in [0.2, 0.25) is 0 Å². The fourth-order valence-electron chi connectivity index (χ4n) is 9.95. The molecule has 0 fully saturated rings. The van der Waals surface area contributed by atoms with E-state index in [2.05, 4.69) is 59.8 Å². The third kappa shape index (κ3) is 37.9. The standard InChI is InChI=1S/C32H46FN5O6.C24H31FN2O3.C8H9N3O2S.CH3F.CH2O3.2Cs.H/c1-40-31(39)24-26(7-4-2-3-5-9-28-12-10-25-8-6-14-35-32(25)37-28)27-11-13-30(29(33)23-27)44-22-21-43-20-19-42-18-17-41-16-15-36-38-34;1-30-23(29)16-18(19-11-13-22(28)21(25)15-19)7-4-2-3-5-9-20-12-10-17-8-6-14-26-24(17)27-20;1-7-2-4-8(5-3-7)14(12,13)6-10-11-9;1-2;2-1-4-3;;;/h10-13,23,26H,2-9,14-22,24H2,1H3,(H,35,37);10-13,15,18,28H,2-9,14,16H2,1H3,(H,26,27);2-5H,6H2,1H3;1H3;1,3H;;;/q;;;;;2*+1;-1/p-1/t26-;18-;;;;;;/m00....../s1/i;;;1D;;;;. The molecule has 0 aliphatic carbocycles. The number of rotatable bonds is 37. The van der Waals surface area contributed by atoms with Crippen LogP contribution in [0.4, 0.5) is 24.8 Å². The number of hydrogen-bond acceptors (Lipinski definition) is 20. The Morgan fingerprint density at radius 1 is 0.698 bits per heavy atom. The molecule has 2 aromatic heterocycles. The number of benzene rings is 3. The molecule has 5 aromatic rings. The van der Waals surface area contributed by atoms with Crippen LogP contribution in [0, 0.1) is 18.6 Å². The normalized spacial score (nSPS) is 12.3. The number of nitrogens with zero attached hydrogens (tertiary/aromatic N) is 8. The van der Waals surface area contributed by atoms with Crippen molar-refractivity contribution in [3.63, 3.8) is 0 Å². The van der Waals surface area contributed by atoms with Crippen LogP contribution in [0.15, 0.2) is 100 Å². The van der Waals surface area contributed by atoms with Crippen molar-refractivity contribution in [3.8, 4) is 11.5 Å². The maximum absolute atomic E-state index is 14.9. The van der Waals surface area contributed by atoms with Gasteiger partial charge >= 0.3 is 150 Å². The predicted octanol–water partition coefficient (Wildman–Crippen LogP) is 6.46. The molecule has 3 aromatic carbocycles. The average Bonchev–Trinajstić information content (AvgIpc) is 0.918. The van der Waals surface area contributed by atoms with Crippen molar-refractivity contribution >= 4 is 39.9 Å². The number of carbonyl (C=O) groups is 3. The van der Waals surface area contributed by atoms with Crippen molar-refractivity contribution < 1.29 is 220 Å². The number of phenolic OH excluding ortho intramolecular Hbond substituents is 1. The van der Waals surface area contributed by atoms with Crippen molar-refractivity contribution in [2.45, 2.75) is 139 Å². The van der Waals surface area contributed by atoms with Gasteiger partial charge in [-0.2, -0.15) is 0 Å². The Kier molecular flexibility index (Phi) is 51.0. The van der Waals surface area contributed by atoms with E-state index in [9.17, 15) is 36.3 Å². The van der Waals surface area contributed by atoms with Gasteiger partial charge in [-0.3, -0.25) is 18.8 Å². The number of aromatic hydroxyl groups is 1. The number of ether oxygens (including phenoxy) is 6. The average molecular weight is 1600 g/mol. The van der Waals surface area contributed by atoms with Gasteiger partial charge in [0.1, 0.15) is 24.1 Å². The summed E-state index contributed by atoms with van der Waals surface area (Å²) in [5, 5.41) is 31.0. The molecule has 0 unspecified atom stereocenters. The van der Waals surface area contributed by atoms with Crippen LogP contribution < -0.4 is 158 Å². The summed E-state index contributed by atoms with van der Waals surface area (Å²) in [5.74, 6) is -0.642. The van der Waals surface area contributed by atoms with E-state index in [4.69, 9.17) is 60.9 Å². The van der Waals surface area contributed by atoms with Crippen LogP contribution in [0.25, 0.3) is 20.9 Å². The number of pyridine rings is 2. The van der Waals surface area contributed by atoms with Crippen molar-refractivity contribution in [1.29, 1.82) is 0 Å². The number of carbonyl (C=O) groups excluding carboxylic acids is 3. The van der Waals surface area contributed by atoms with E-state index in [1.807, 2.05) is 13.0 Å². The number of sulfone groups is 1. The molecule has 0 spiro atoms. The Hall–Kier alpha value is -4.13. The fraction of sp³-hybridized carbons (Fsp3) is 0.530. The van der Waals surface area contributed by atoms with Crippen LogP contribution in [0.5, 0.6) is 11.5 Å². The van der Waals surface area contributed by atoms with Gasteiger partial charge in [0.15, 0.2) is 33.0 Å². The maximum Gasteiger partial charge on any atom is 1.00 e. The number of aromatic nitrogens is 2. The Morgan fingerprint density at radius 3 is 1.61 bits per heavy atom.